The number of anilines is 1. The van der Waals surface area contributed by atoms with Crippen LogP contribution >= 0.6 is 11.6 Å². The highest BCUT2D eigenvalue weighted by molar-refractivity contribution is 7.92. The van der Waals surface area contributed by atoms with Crippen molar-refractivity contribution >= 4 is 59.7 Å². The fourth-order valence-electron chi connectivity index (χ4n) is 7.60. The van der Waals surface area contributed by atoms with Gasteiger partial charge in [-0.15, -0.1) is 0 Å². The van der Waals surface area contributed by atoms with Crippen LogP contribution in [0.15, 0.2) is 48.2 Å². The minimum atomic E-state index is -5.17. The number of halogens is 11. The van der Waals surface area contributed by atoms with Crippen LogP contribution in [0.2, 0.25) is 5.02 Å². The first-order valence-corrected chi connectivity index (χ1v) is 23.3. The Balaban J connectivity index is 1.54. The number of amides is 1. The molecule has 2 aromatic carbocycles. The molecule has 1 saturated carbocycles. The highest BCUT2D eigenvalue weighted by Gasteiger charge is 2.68. The molecule has 25 heteroatoms. The second-order valence-corrected chi connectivity index (χ2v) is 21.1. The Morgan fingerprint density at radius 3 is 2.22 bits per heavy atom. The molecule has 4 aromatic rings. The van der Waals surface area contributed by atoms with E-state index in [4.69, 9.17) is 17.3 Å². The molecule has 0 radical (unpaired) electrons. The Kier molecular flexibility index (Phi) is 12.8. The molecule has 352 valence electrons. The number of fused-ring (bicyclic) bond motifs is 4. The van der Waals surface area contributed by atoms with E-state index in [0.717, 1.165) is 24.5 Å². The number of rotatable bonds is 13. The van der Waals surface area contributed by atoms with Gasteiger partial charge in [-0.05, 0) is 73.9 Å². The molecular formula is C40H38ClF10N7O5S2. The molecule has 0 bridgehead atoms. The first-order chi connectivity index (χ1) is 29.7. The van der Waals surface area contributed by atoms with Crippen LogP contribution in [-0.2, 0) is 56.3 Å². The number of sulfonamides is 1. The molecule has 1 fully saturated rings. The molecule has 2 heterocycles. The molecule has 2 aliphatic rings. The van der Waals surface area contributed by atoms with Gasteiger partial charge >= 0.3 is 12.4 Å². The number of nitrogens with zero attached hydrogens (tertiary/aromatic N) is 4. The standard InChI is InChI=1S/C40H38ClF10N7O5S2/c1-19(29(14-20-12-21(42)15-22(43)13-20)53-30(59)17-57-35-31(34(54-57)40(49,50)51)26-16-27(26)39(35,47)48)24(7-6-23(52)10-11-37(2,3)64(4,60)61)25-8-9-28(41)32-33(25)58(18-38(44,45)46)55-36(32)56-65(5,62)63/h6-9,12-13,15,19,26-27,29H,14,16-18,52H2,1-5H3,(H,53,59)(H,55,56)/b23-6-,24-7+/t19?,26-,27+,29-/m0/s1. The van der Waals surface area contributed by atoms with E-state index >= 15 is 8.78 Å². The fourth-order valence-corrected chi connectivity index (χ4v) is 8.57. The number of nitrogens with one attached hydrogen (secondary N) is 2. The molecule has 0 saturated heterocycles. The summed E-state index contributed by atoms with van der Waals surface area (Å²) in [6, 6.07) is 3.19. The maximum atomic E-state index is 15.4. The quantitative estimate of drug-likeness (QED) is 0.0705. The minimum Gasteiger partial charge on any atom is -0.392 e. The second kappa shape index (κ2) is 16.9. The lowest BCUT2D eigenvalue weighted by Crippen LogP contribution is -2.43. The molecule has 1 amide bonds. The number of allylic oxidation sites excluding steroid dienone is 3. The Morgan fingerprint density at radius 1 is 1.02 bits per heavy atom. The molecule has 0 spiro atoms. The van der Waals surface area contributed by atoms with E-state index in [1.54, 1.807) is 0 Å². The normalized spacial score (nSPS) is 18.7. The van der Waals surface area contributed by atoms with E-state index in [1.165, 1.54) is 39.0 Å². The predicted octanol–water partition coefficient (Wildman–Crippen LogP) is 7.44. The molecule has 1 unspecified atom stereocenters. The molecule has 0 aliphatic heterocycles. The van der Waals surface area contributed by atoms with Gasteiger partial charge < -0.3 is 11.1 Å². The van der Waals surface area contributed by atoms with Crippen molar-refractivity contribution in [3.05, 3.63) is 92.9 Å². The summed E-state index contributed by atoms with van der Waals surface area (Å²) in [4.78, 5) is 13.9. The third kappa shape index (κ3) is 10.6. The van der Waals surface area contributed by atoms with Crippen molar-refractivity contribution in [1.82, 2.24) is 24.9 Å². The molecule has 12 nitrogen and oxygen atoms in total. The Hall–Kier alpha value is -5.28. The fraction of sp³-hybridized carbons (Fsp3) is 0.425. The first kappa shape index (κ1) is 49.2. The number of benzene rings is 2. The van der Waals surface area contributed by atoms with Gasteiger partial charge in [0.15, 0.2) is 21.3 Å². The highest BCUT2D eigenvalue weighted by atomic mass is 35.5. The van der Waals surface area contributed by atoms with Gasteiger partial charge in [0.2, 0.25) is 15.9 Å². The number of hydrogen-bond donors (Lipinski definition) is 3. The van der Waals surface area contributed by atoms with Gasteiger partial charge in [-0.25, -0.2) is 25.6 Å². The van der Waals surface area contributed by atoms with E-state index in [2.05, 4.69) is 27.4 Å². The number of carbonyl (C=O) groups excluding carboxylic acids is 1. The second-order valence-electron chi connectivity index (χ2n) is 16.4. The van der Waals surface area contributed by atoms with E-state index in [0.29, 0.717) is 17.0 Å². The molecular weight excluding hydrogens is 948 g/mol. The van der Waals surface area contributed by atoms with Crippen molar-refractivity contribution in [2.45, 2.75) is 81.7 Å². The molecule has 6 rings (SSSR count). The van der Waals surface area contributed by atoms with Crippen LogP contribution in [0.4, 0.5) is 49.7 Å². The zero-order valence-electron chi connectivity index (χ0n) is 34.6. The summed E-state index contributed by atoms with van der Waals surface area (Å²) in [7, 11) is -7.99. The summed E-state index contributed by atoms with van der Waals surface area (Å²) in [5, 5.41) is 9.11. The van der Waals surface area contributed by atoms with Gasteiger partial charge in [-0.3, -0.25) is 18.9 Å². The minimum absolute atomic E-state index is 0.0962. The van der Waals surface area contributed by atoms with E-state index in [9.17, 15) is 56.8 Å². The zero-order chi connectivity index (χ0) is 48.6. The number of carbonyl (C=O) groups is 1. The maximum Gasteiger partial charge on any atom is 0.435 e. The van der Waals surface area contributed by atoms with Crippen molar-refractivity contribution in [3.63, 3.8) is 0 Å². The predicted molar refractivity (Wildman–Crippen MR) is 219 cm³/mol. The van der Waals surface area contributed by atoms with E-state index in [-0.39, 0.29) is 43.9 Å². The van der Waals surface area contributed by atoms with Gasteiger partial charge in [-0.1, -0.05) is 36.6 Å². The number of nitrogens with two attached hydrogens (primary N) is 1. The van der Waals surface area contributed by atoms with Gasteiger partial charge in [0, 0.05) is 41.3 Å². The van der Waals surface area contributed by atoms with Gasteiger partial charge in [0.05, 0.1) is 27.9 Å². The smallest absolute Gasteiger partial charge is 0.392 e. The lowest BCUT2D eigenvalue weighted by atomic mass is 9.84. The summed E-state index contributed by atoms with van der Waals surface area (Å²) < 4.78 is 195. The Morgan fingerprint density at radius 2 is 1.65 bits per heavy atom. The topological polar surface area (TPSA) is 171 Å². The van der Waals surface area contributed by atoms with Gasteiger partial charge in [0.25, 0.3) is 5.92 Å². The summed E-state index contributed by atoms with van der Waals surface area (Å²) >= 11 is 6.48. The maximum absolute atomic E-state index is 15.4. The van der Waals surface area contributed by atoms with E-state index < -0.39 is 132 Å². The van der Waals surface area contributed by atoms with Crippen LogP contribution in [0, 0.1) is 35.3 Å². The summed E-state index contributed by atoms with van der Waals surface area (Å²) in [6.07, 6.45) is -7.00. The van der Waals surface area contributed by atoms with Crippen LogP contribution in [0.1, 0.15) is 61.2 Å². The average Bonchev–Trinajstić information content (AvgIpc) is 3.66. The van der Waals surface area contributed by atoms with Crippen molar-refractivity contribution in [2.75, 3.05) is 17.2 Å². The van der Waals surface area contributed by atoms with E-state index in [1.807, 2.05) is 4.72 Å². The SMILES string of the molecule is CC(/C(=C\C=C(/N)C#CC(C)(C)S(C)(=O)=O)c1ccc(Cl)c2c(NS(C)(=O)=O)nn(CC(F)(F)F)c12)[C@H](Cc1cc(F)cc(F)c1)NC(=O)Cn1nc(C(F)(F)F)c2c1C(F)(F)[C@@H]1C[C@H]21. The summed E-state index contributed by atoms with van der Waals surface area (Å²) in [5.74, 6) is -6.68. The number of aromatic nitrogens is 4. The number of alkyl halides is 8. The van der Waals surface area contributed by atoms with Crippen molar-refractivity contribution in [2.24, 2.45) is 17.6 Å². The van der Waals surface area contributed by atoms with Crippen LogP contribution in [-0.4, -0.2) is 71.8 Å². The van der Waals surface area contributed by atoms with Crippen molar-refractivity contribution in [1.29, 1.82) is 0 Å². The number of sulfone groups is 1. The van der Waals surface area contributed by atoms with Crippen LogP contribution in [0.3, 0.4) is 0 Å². The van der Waals surface area contributed by atoms with Gasteiger partial charge in [0.1, 0.15) is 35.2 Å². The third-order valence-corrected chi connectivity index (χ3v) is 13.8. The van der Waals surface area contributed by atoms with Crippen molar-refractivity contribution < 1.29 is 65.5 Å². The average molecular weight is 986 g/mol. The molecule has 65 heavy (non-hydrogen) atoms. The zero-order valence-corrected chi connectivity index (χ0v) is 36.9. The molecule has 2 aliphatic carbocycles. The van der Waals surface area contributed by atoms with Gasteiger partial charge in [-0.2, -0.15) is 45.3 Å². The Bertz CT molecular complexity index is 2930. The first-order valence-electron chi connectivity index (χ1n) is 19.1. The number of hydrogen-bond acceptors (Lipinski definition) is 8. The van der Waals surface area contributed by atoms with Crippen molar-refractivity contribution in [3.8, 4) is 11.8 Å². The van der Waals surface area contributed by atoms with Crippen LogP contribution < -0.4 is 15.8 Å². The Labute approximate surface area is 370 Å². The largest absolute Gasteiger partial charge is 0.435 e. The molecule has 4 N–H and O–H groups in total. The van der Waals surface area contributed by atoms with Crippen LogP contribution in [0.25, 0.3) is 16.5 Å². The van der Waals surface area contributed by atoms with Crippen LogP contribution in [0.5, 0.6) is 0 Å². The monoisotopic (exact) mass is 985 g/mol. The molecule has 2 aromatic heterocycles. The summed E-state index contributed by atoms with van der Waals surface area (Å²) in [6.45, 7) is 0.903. The lowest BCUT2D eigenvalue weighted by Gasteiger charge is -2.29. The lowest BCUT2D eigenvalue weighted by molar-refractivity contribution is -0.143. The molecule has 4 atom stereocenters. The highest BCUT2D eigenvalue weighted by Crippen LogP contribution is 2.68. The summed E-state index contributed by atoms with van der Waals surface area (Å²) in [5.41, 5.74) is 1.58. The third-order valence-electron chi connectivity index (χ3n) is 11.0.